The first-order valence-electron chi connectivity index (χ1n) is 8.10. The number of fused-ring (bicyclic) bond motifs is 1. The number of carbonyl (C=O) groups is 1. The Labute approximate surface area is 157 Å². The summed E-state index contributed by atoms with van der Waals surface area (Å²) in [6.07, 6.45) is 0.222. The van der Waals surface area contributed by atoms with Crippen molar-refractivity contribution in [3.8, 4) is 0 Å². The van der Waals surface area contributed by atoms with Gasteiger partial charge in [0.05, 0.1) is 11.3 Å². The van der Waals surface area contributed by atoms with Gasteiger partial charge in [-0.2, -0.15) is 4.74 Å². The minimum Gasteiger partial charge on any atom is -0.623 e. The Morgan fingerprint density at radius 1 is 1.31 bits per heavy atom. The molecular formula is C19H20ClN3O3. The number of aliphatic carboxylic acids is 1. The van der Waals surface area contributed by atoms with Crippen LogP contribution in [0.2, 0.25) is 5.02 Å². The zero-order valence-corrected chi connectivity index (χ0v) is 15.3. The number of nitrogens with one attached hydrogen (secondary N) is 1. The Hall–Kier alpha value is -2.86. The highest BCUT2D eigenvalue weighted by molar-refractivity contribution is 6.31. The molecule has 0 unspecified atom stereocenters. The maximum atomic E-state index is 12.6. The molecule has 2 aromatic rings. The molecule has 7 heteroatoms. The Kier molecular flexibility index (Phi) is 6.74. The van der Waals surface area contributed by atoms with Crippen LogP contribution >= 0.6 is 11.6 Å². The average Bonchev–Trinajstić information content (AvgIpc) is 2.78. The monoisotopic (exact) mass is 373 g/mol. The second-order valence-electron chi connectivity index (χ2n) is 5.47. The van der Waals surface area contributed by atoms with Crippen LogP contribution in [0, 0.1) is 5.21 Å². The van der Waals surface area contributed by atoms with Crippen molar-refractivity contribution in [3.05, 3.63) is 69.9 Å². The zero-order valence-electron chi connectivity index (χ0n) is 14.6. The van der Waals surface area contributed by atoms with Gasteiger partial charge < -0.3 is 15.6 Å². The van der Waals surface area contributed by atoms with Gasteiger partial charge in [-0.25, -0.2) is 4.99 Å². The minimum absolute atomic E-state index is 0.174. The SMILES string of the molecule is CCC(=O)O.CNC1=Nc2ccc(Cl)cc2C(c2ccccc2)=[N+]([O-])C1. The molecule has 0 saturated heterocycles. The Morgan fingerprint density at radius 2 is 1.96 bits per heavy atom. The van der Waals surface area contributed by atoms with Crippen molar-refractivity contribution in [1.29, 1.82) is 0 Å². The zero-order chi connectivity index (χ0) is 19.1. The molecule has 26 heavy (non-hydrogen) atoms. The normalized spacial score (nSPS) is 13.0. The highest BCUT2D eigenvalue weighted by Gasteiger charge is 2.24. The van der Waals surface area contributed by atoms with E-state index >= 15 is 0 Å². The molecule has 3 rings (SSSR count). The van der Waals surface area contributed by atoms with Crippen LogP contribution in [0.5, 0.6) is 0 Å². The topological polar surface area (TPSA) is 87.8 Å². The largest absolute Gasteiger partial charge is 0.623 e. The molecule has 0 fully saturated rings. The molecule has 1 aliphatic rings. The number of hydrogen-bond acceptors (Lipinski definition) is 4. The third kappa shape index (κ3) is 4.83. The lowest BCUT2D eigenvalue weighted by molar-refractivity contribution is -0.439. The lowest BCUT2D eigenvalue weighted by atomic mass is 10.0. The second-order valence-corrected chi connectivity index (χ2v) is 5.90. The minimum atomic E-state index is -0.745. The number of carboxylic acid groups (broad SMARTS) is 1. The summed E-state index contributed by atoms with van der Waals surface area (Å²) in [5.74, 6) is -0.121. The van der Waals surface area contributed by atoms with Crippen LogP contribution in [0.1, 0.15) is 24.5 Å². The third-order valence-corrected chi connectivity index (χ3v) is 3.89. The predicted molar refractivity (Wildman–Crippen MR) is 104 cm³/mol. The van der Waals surface area contributed by atoms with Crippen LogP contribution in [-0.2, 0) is 4.79 Å². The van der Waals surface area contributed by atoms with E-state index in [-0.39, 0.29) is 13.0 Å². The molecule has 0 radical (unpaired) electrons. The van der Waals surface area contributed by atoms with Crippen molar-refractivity contribution >= 4 is 34.8 Å². The molecule has 2 aromatic carbocycles. The number of amidine groups is 1. The van der Waals surface area contributed by atoms with Gasteiger partial charge in [0.2, 0.25) is 12.3 Å². The van der Waals surface area contributed by atoms with Gasteiger partial charge in [0.15, 0.2) is 5.84 Å². The summed E-state index contributed by atoms with van der Waals surface area (Å²) in [7, 11) is 1.76. The molecule has 0 aromatic heterocycles. The summed E-state index contributed by atoms with van der Waals surface area (Å²) >= 11 is 6.10. The smallest absolute Gasteiger partial charge is 0.303 e. The molecule has 0 bridgehead atoms. The molecule has 1 heterocycles. The third-order valence-electron chi connectivity index (χ3n) is 3.65. The molecule has 1 aliphatic heterocycles. The van der Waals surface area contributed by atoms with E-state index in [1.807, 2.05) is 36.4 Å². The average molecular weight is 374 g/mol. The Balaban J connectivity index is 0.000000431. The number of hydrogen-bond donors (Lipinski definition) is 2. The van der Waals surface area contributed by atoms with Crippen molar-refractivity contribution in [1.82, 2.24) is 5.32 Å². The summed E-state index contributed by atoms with van der Waals surface area (Å²) < 4.78 is 0.951. The van der Waals surface area contributed by atoms with E-state index in [1.165, 1.54) is 0 Å². The molecule has 0 aliphatic carbocycles. The van der Waals surface area contributed by atoms with Gasteiger partial charge in [-0.3, -0.25) is 4.79 Å². The van der Waals surface area contributed by atoms with E-state index in [4.69, 9.17) is 16.7 Å². The second kappa shape index (κ2) is 9.01. The van der Waals surface area contributed by atoms with Crippen molar-refractivity contribution in [3.63, 3.8) is 0 Å². The van der Waals surface area contributed by atoms with Crippen molar-refractivity contribution in [2.75, 3.05) is 13.6 Å². The van der Waals surface area contributed by atoms with Crippen molar-refractivity contribution < 1.29 is 14.6 Å². The molecule has 0 atom stereocenters. The molecule has 136 valence electrons. The highest BCUT2D eigenvalue weighted by atomic mass is 35.5. The van der Waals surface area contributed by atoms with Gasteiger partial charge in [0, 0.05) is 24.1 Å². The maximum absolute atomic E-state index is 12.6. The van der Waals surface area contributed by atoms with Gasteiger partial charge in [0.25, 0.3) is 0 Å². The highest BCUT2D eigenvalue weighted by Crippen LogP contribution is 2.27. The van der Waals surface area contributed by atoms with Gasteiger partial charge in [-0.15, -0.1) is 0 Å². The summed E-state index contributed by atoms with van der Waals surface area (Å²) in [6.45, 7) is 1.77. The number of benzene rings is 2. The van der Waals surface area contributed by atoms with E-state index in [2.05, 4.69) is 10.3 Å². The van der Waals surface area contributed by atoms with Crippen LogP contribution in [0.15, 0.2) is 53.5 Å². The summed E-state index contributed by atoms with van der Waals surface area (Å²) in [6, 6.07) is 15.0. The van der Waals surface area contributed by atoms with E-state index in [9.17, 15) is 10.0 Å². The first-order chi connectivity index (χ1) is 12.5. The molecular weight excluding hydrogens is 354 g/mol. The number of likely N-dealkylation sites (N-methyl/N-ethyl adjacent to an activating group) is 1. The Morgan fingerprint density at radius 3 is 2.54 bits per heavy atom. The summed E-state index contributed by atoms with van der Waals surface area (Å²) in [5, 5.41) is 23.8. The van der Waals surface area contributed by atoms with E-state index in [0.29, 0.717) is 16.6 Å². The van der Waals surface area contributed by atoms with Gasteiger partial charge >= 0.3 is 5.97 Å². The lowest BCUT2D eigenvalue weighted by Crippen LogP contribution is -2.29. The van der Waals surface area contributed by atoms with Crippen LogP contribution in [-0.4, -0.2) is 41.0 Å². The van der Waals surface area contributed by atoms with Gasteiger partial charge in [-0.1, -0.05) is 36.7 Å². The standard InChI is InChI=1S/C16H14ClN3O.C3H6O2/c1-18-15-10-20(21)16(11-5-3-2-4-6-11)13-9-12(17)7-8-14(13)19-15;1-2-3(4)5/h2-9H,10H2,1H3,(H,18,19);2H2,1H3,(H,4,5). The fourth-order valence-electron chi connectivity index (χ4n) is 2.36. The van der Waals surface area contributed by atoms with Gasteiger partial charge in [0.1, 0.15) is 0 Å². The predicted octanol–water partition coefficient (Wildman–Crippen LogP) is 3.43. The van der Waals surface area contributed by atoms with E-state index < -0.39 is 5.97 Å². The van der Waals surface area contributed by atoms with E-state index in [0.717, 1.165) is 21.6 Å². The number of nitrogens with zero attached hydrogens (tertiary/aromatic N) is 2. The number of rotatable bonds is 2. The van der Waals surface area contributed by atoms with Crippen LogP contribution in [0.25, 0.3) is 0 Å². The Bertz CT molecular complexity index is 848. The quantitative estimate of drug-likeness (QED) is 0.623. The number of aliphatic imine (C=N–C) groups is 1. The fraction of sp³-hybridized carbons (Fsp3) is 0.211. The number of halogens is 1. The maximum Gasteiger partial charge on any atom is 0.303 e. The molecule has 6 nitrogen and oxygen atoms in total. The lowest BCUT2D eigenvalue weighted by Gasteiger charge is -2.10. The molecule has 2 N–H and O–H groups in total. The van der Waals surface area contributed by atoms with Crippen LogP contribution in [0.3, 0.4) is 0 Å². The molecule has 0 spiro atoms. The molecule has 0 saturated carbocycles. The fourth-order valence-corrected chi connectivity index (χ4v) is 2.53. The number of carboxylic acids is 1. The number of hydroxylamine groups is 1. The van der Waals surface area contributed by atoms with Crippen LogP contribution in [0.4, 0.5) is 5.69 Å². The van der Waals surface area contributed by atoms with Crippen molar-refractivity contribution in [2.24, 2.45) is 4.99 Å². The van der Waals surface area contributed by atoms with E-state index in [1.54, 1.807) is 26.1 Å². The first-order valence-corrected chi connectivity index (χ1v) is 8.48. The van der Waals surface area contributed by atoms with Crippen molar-refractivity contribution in [2.45, 2.75) is 13.3 Å². The van der Waals surface area contributed by atoms with Crippen LogP contribution < -0.4 is 5.32 Å². The first kappa shape index (κ1) is 19.5. The summed E-state index contributed by atoms with van der Waals surface area (Å²) in [5.41, 5.74) is 2.92. The summed E-state index contributed by atoms with van der Waals surface area (Å²) in [4.78, 5) is 13.9. The molecule has 0 amide bonds. The van der Waals surface area contributed by atoms with Gasteiger partial charge in [-0.05, 0) is 30.3 Å².